The fourth-order valence-electron chi connectivity index (χ4n) is 4.45. The summed E-state index contributed by atoms with van der Waals surface area (Å²) in [7, 11) is -8.69. The summed E-state index contributed by atoms with van der Waals surface area (Å²) in [4.78, 5) is -0.554. The normalized spacial score (nSPS) is 11.8. The summed E-state index contributed by atoms with van der Waals surface area (Å²) < 4.78 is 63.2. The van der Waals surface area contributed by atoms with Crippen molar-refractivity contribution in [2.75, 3.05) is 0 Å². The molecular weight excluding hydrogens is 787 g/mol. The first kappa shape index (κ1) is 39.0. The number of fused-ring (bicyclic) bond motifs is 2. The summed E-state index contributed by atoms with van der Waals surface area (Å²) in [5.41, 5.74) is 0.384. The molecule has 0 aliphatic rings. The number of rotatable bonds is 6. The molecule has 19 heteroatoms. The van der Waals surface area contributed by atoms with E-state index >= 15 is 0 Å². The van der Waals surface area contributed by atoms with Crippen LogP contribution in [0.1, 0.15) is 4.28 Å². The van der Waals surface area contributed by atoms with Gasteiger partial charge in [-0.3, -0.25) is 9.11 Å². The van der Waals surface area contributed by atoms with E-state index in [0.29, 0.717) is 31.6 Å². The summed E-state index contributed by atoms with van der Waals surface area (Å²) in [5, 5.41) is 57.6. The predicted octanol–water partition coefficient (Wildman–Crippen LogP) is 9.47. The maximum Gasteiger partial charge on any atom is 1.00 e. The maximum absolute atomic E-state index is 11.2. The fourth-order valence-corrected chi connectivity index (χ4v) is 5.82. The average molecular weight is 813 g/mol. The van der Waals surface area contributed by atoms with Gasteiger partial charge in [0, 0.05) is 38.2 Å². The Morgan fingerprint density at radius 1 is 0.471 bits per heavy atom. The van der Waals surface area contributed by atoms with E-state index in [1.165, 1.54) is 97.1 Å². The first-order valence-corrected chi connectivity index (χ1v) is 17.4. The van der Waals surface area contributed by atoms with E-state index in [0.717, 1.165) is 0 Å². The molecule has 0 atom stereocenters. The Hall–Kier alpha value is -4.83. The molecule has 0 bridgehead atoms. The van der Waals surface area contributed by atoms with Crippen molar-refractivity contribution in [3.8, 4) is 23.0 Å². The quantitative estimate of drug-likeness (QED) is 0.0687. The van der Waals surface area contributed by atoms with Crippen LogP contribution in [0, 0.1) is 0 Å². The second-order valence-corrected chi connectivity index (χ2v) is 14.0. The first-order chi connectivity index (χ1) is 23.5. The van der Waals surface area contributed by atoms with E-state index < -0.39 is 20.2 Å². The van der Waals surface area contributed by atoms with Gasteiger partial charge < -0.3 is 20.4 Å². The first-order valence-electron chi connectivity index (χ1n) is 13.8. The van der Waals surface area contributed by atoms with Gasteiger partial charge in [0.2, 0.25) is 0 Å². The van der Waals surface area contributed by atoms with E-state index in [2.05, 4.69) is 20.5 Å². The molecule has 0 spiro atoms. The Morgan fingerprint density at radius 2 is 0.824 bits per heavy atom. The fraction of sp³-hybridized carbons (Fsp3) is 0. The molecular formula is C32H25Cl2CrN4O10S2+3. The van der Waals surface area contributed by atoms with Crippen molar-refractivity contribution in [3.63, 3.8) is 0 Å². The van der Waals surface area contributed by atoms with Gasteiger partial charge >= 0.3 is 4.28 Å². The summed E-state index contributed by atoms with van der Waals surface area (Å²) in [5.74, 6) is -0.641. The molecule has 6 N–H and O–H groups in total. The monoisotopic (exact) mass is 811 g/mol. The van der Waals surface area contributed by atoms with Crippen molar-refractivity contribution >= 4 is 87.7 Å². The molecule has 0 unspecified atom stereocenters. The smallest absolute Gasteiger partial charge is 0.506 e. The number of azo groups is 2. The van der Waals surface area contributed by atoms with Gasteiger partial charge in [-0.1, -0.05) is 47.5 Å². The van der Waals surface area contributed by atoms with Crippen molar-refractivity contribution in [1.29, 1.82) is 0 Å². The molecule has 14 nitrogen and oxygen atoms in total. The second kappa shape index (κ2) is 15.6. The molecule has 0 fully saturated rings. The van der Waals surface area contributed by atoms with Crippen LogP contribution in [0.5, 0.6) is 23.0 Å². The largest absolute Gasteiger partial charge is 1.00 e. The Balaban J connectivity index is 0.000000503. The average Bonchev–Trinajstić information content (AvgIpc) is 3.05. The van der Waals surface area contributed by atoms with E-state index in [-0.39, 0.29) is 77.2 Å². The van der Waals surface area contributed by atoms with Crippen molar-refractivity contribution < 1.29 is 68.0 Å². The number of halogens is 2. The van der Waals surface area contributed by atoms with Crippen LogP contribution >= 0.6 is 23.2 Å². The minimum atomic E-state index is -4.35. The molecule has 0 saturated carbocycles. The standard InChI is InChI=1S/2C16H11ClN2O5S.Cr/c2*17-10-2-6-14(20)13(8-10)18-19-16-12-4-3-11(25(22,23)24)7-9(12)1-5-15(16)21;/h2*1-8,20-21H,(H,22,23,24);/p+3. The van der Waals surface area contributed by atoms with Crippen LogP contribution in [-0.2, 0) is 37.6 Å². The third-order valence-electron chi connectivity index (χ3n) is 6.87. The van der Waals surface area contributed by atoms with E-state index in [4.69, 9.17) is 32.3 Å². The van der Waals surface area contributed by atoms with Crippen LogP contribution < -0.4 is 0 Å². The summed E-state index contributed by atoms with van der Waals surface area (Å²) in [6.45, 7) is 0. The van der Waals surface area contributed by atoms with Crippen LogP contribution in [-0.4, -0.2) is 46.4 Å². The zero-order valence-electron chi connectivity index (χ0n) is 28.3. The van der Waals surface area contributed by atoms with Gasteiger partial charge in [0.25, 0.3) is 20.2 Å². The molecule has 0 heterocycles. The van der Waals surface area contributed by atoms with Crippen molar-refractivity contribution in [3.05, 3.63) is 107 Å². The number of hydrogen-bond donors (Lipinski definition) is 6. The van der Waals surface area contributed by atoms with Crippen LogP contribution in [0.15, 0.2) is 127 Å². The Kier molecular flexibility index (Phi) is 11.9. The van der Waals surface area contributed by atoms with Crippen molar-refractivity contribution in [1.82, 2.24) is 0 Å². The molecule has 6 aromatic rings. The third-order valence-corrected chi connectivity index (χ3v) is 9.04. The molecule has 262 valence electrons. The molecule has 6 aromatic carbocycles. The zero-order valence-corrected chi connectivity index (χ0v) is 29.7. The van der Waals surface area contributed by atoms with E-state index in [1.807, 2.05) is 0 Å². The molecule has 51 heavy (non-hydrogen) atoms. The van der Waals surface area contributed by atoms with Gasteiger partial charge in [-0.25, -0.2) is 0 Å². The number of hydrogen-bond acceptors (Lipinski definition) is 12. The van der Waals surface area contributed by atoms with Crippen LogP contribution in [0.4, 0.5) is 22.7 Å². The number of phenols is 4. The van der Waals surface area contributed by atoms with Crippen LogP contribution in [0.3, 0.4) is 0 Å². The van der Waals surface area contributed by atoms with Gasteiger partial charge in [-0.15, -0.1) is 20.5 Å². The van der Waals surface area contributed by atoms with Crippen LogP contribution in [0.25, 0.3) is 21.5 Å². The summed E-state index contributed by atoms with van der Waals surface area (Å²) in [6.07, 6.45) is 0. The van der Waals surface area contributed by atoms with Gasteiger partial charge in [0.05, 0.1) is 9.79 Å². The minimum absolute atomic E-state index is 0. The van der Waals surface area contributed by atoms with Gasteiger partial charge in [-0.2, -0.15) is 16.8 Å². The molecule has 6 rings (SSSR count). The third kappa shape index (κ3) is 9.30. The topological polar surface area (TPSA) is 239 Å². The Morgan fingerprint density at radius 3 is 1.18 bits per heavy atom. The molecule has 0 radical (unpaired) electrons. The van der Waals surface area contributed by atoms with Gasteiger partial charge in [-0.05, 0) is 83.6 Å². The van der Waals surface area contributed by atoms with Crippen molar-refractivity contribution in [2.24, 2.45) is 20.5 Å². The second-order valence-electron chi connectivity index (χ2n) is 10.2. The molecule has 0 aliphatic carbocycles. The Bertz CT molecular complexity index is 2430. The van der Waals surface area contributed by atoms with E-state index in [1.54, 1.807) is 0 Å². The van der Waals surface area contributed by atoms with Gasteiger partial charge in [0.1, 0.15) is 45.7 Å². The molecule has 0 amide bonds. The zero-order chi connectivity index (χ0) is 36.4. The van der Waals surface area contributed by atoms with Crippen LogP contribution in [0.2, 0.25) is 10.0 Å². The molecule has 0 aliphatic heterocycles. The number of nitrogens with zero attached hydrogens (tertiary/aromatic N) is 4. The number of benzene rings is 6. The number of aromatic hydroxyl groups is 4. The predicted molar refractivity (Wildman–Crippen MR) is 189 cm³/mol. The minimum Gasteiger partial charge on any atom is -0.506 e. The Labute approximate surface area is 314 Å². The SMILES string of the molecule is O=S(=O)(O)c1ccc2c(N=Nc3cc(Cl)ccc3O)c(O)ccc2c1.O=S(=O)(O)c1ccc2c(N=Nc3cc(Cl)ccc3O)c(O)ccc2c1.[Cr].[H+].[H+].[H+]. The van der Waals surface area contributed by atoms with Gasteiger partial charge in [0.15, 0.2) is 0 Å². The number of phenolic OH excluding ortho intramolecular Hbond substituents is 4. The molecule has 0 saturated heterocycles. The summed E-state index contributed by atoms with van der Waals surface area (Å²) >= 11 is 11.7. The van der Waals surface area contributed by atoms with E-state index in [9.17, 15) is 37.3 Å². The molecule has 0 aromatic heterocycles. The summed E-state index contributed by atoms with van der Waals surface area (Å²) in [6, 6.07) is 21.8. The maximum atomic E-state index is 11.2. The van der Waals surface area contributed by atoms with Crippen molar-refractivity contribution in [2.45, 2.75) is 9.79 Å².